The standard InChI is InChI=1S/C34H31N3O4/c1-22-7-5-6-10-29(22)35-34-36-30-14-11-23(17-31(30)41-34)18-32(38)37-16-15-24-12-13-26(19-27(24)21-37)28(20-33(39)40)25-8-3-2-4-9-25/h2-14,17,19,28H,15-16,18,20-21H2,1H3,(H,35,36)(H,39,40). The fraction of sp³-hybridized carbons (Fsp3) is 0.206. The SMILES string of the molecule is Cc1ccccc1Nc1nc2ccc(CC(=O)N3CCc4ccc(C(CC(=O)O)c5ccccc5)cc4C3)cc2o1. The minimum absolute atomic E-state index is 0.0117. The molecule has 7 heteroatoms. The van der Waals surface area contributed by atoms with Crippen LogP contribution in [0.3, 0.4) is 0 Å². The number of carboxylic acids is 1. The largest absolute Gasteiger partial charge is 0.481 e. The van der Waals surface area contributed by atoms with Gasteiger partial charge in [-0.25, -0.2) is 0 Å². The number of aryl methyl sites for hydroxylation is 1. The Morgan fingerprint density at radius 3 is 2.56 bits per heavy atom. The number of para-hydroxylation sites is 1. The molecule has 1 atom stereocenters. The number of oxazole rings is 1. The van der Waals surface area contributed by atoms with Crippen molar-refractivity contribution < 1.29 is 19.1 Å². The monoisotopic (exact) mass is 545 g/mol. The first kappa shape index (κ1) is 26.3. The molecule has 7 nitrogen and oxygen atoms in total. The molecule has 0 saturated heterocycles. The van der Waals surface area contributed by atoms with Gasteiger partial charge in [0.1, 0.15) is 5.52 Å². The van der Waals surface area contributed by atoms with Crippen LogP contribution < -0.4 is 5.32 Å². The third-order valence-electron chi connectivity index (χ3n) is 7.77. The Hall–Kier alpha value is -4.91. The molecule has 1 aromatic heterocycles. The molecular formula is C34H31N3O4. The number of rotatable bonds is 8. The van der Waals surface area contributed by atoms with Gasteiger partial charge in [-0.15, -0.1) is 0 Å². The van der Waals surface area contributed by atoms with E-state index in [-0.39, 0.29) is 24.7 Å². The summed E-state index contributed by atoms with van der Waals surface area (Å²) >= 11 is 0. The molecule has 1 aliphatic rings. The molecule has 2 heterocycles. The summed E-state index contributed by atoms with van der Waals surface area (Å²) in [4.78, 5) is 31.5. The Bertz CT molecular complexity index is 1730. The first-order valence-electron chi connectivity index (χ1n) is 13.8. The zero-order valence-electron chi connectivity index (χ0n) is 22.8. The van der Waals surface area contributed by atoms with Gasteiger partial charge in [-0.2, -0.15) is 4.98 Å². The van der Waals surface area contributed by atoms with Crippen molar-refractivity contribution in [2.45, 2.75) is 38.6 Å². The summed E-state index contributed by atoms with van der Waals surface area (Å²) < 4.78 is 5.95. The summed E-state index contributed by atoms with van der Waals surface area (Å²) in [5.74, 6) is -1.04. The van der Waals surface area contributed by atoms with Crippen LogP contribution in [0.5, 0.6) is 0 Å². The molecule has 206 valence electrons. The minimum atomic E-state index is -0.838. The molecule has 0 bridgehead atoms. The highest BCUT2D eigenvalue weighted by Crippen LogP contribution is 2.32. The van der Waals surface area contributed by atoms with Crippen LogP contribution in [0.25, 0.3) is 11.1 Å². The molecule has 0 spiro atoms. The highest BCUT2D eigenvalue weighted by molar-refractivity contribution is 5.82. The topological polar surface area (TPSA) is 95.7 Å². The number of carbonyl (C=O) groups is 2. The van der Waals surface area contributed by atoms with Crippen LogP contribution in [-0.2, 0) is 29.0 Å². The Morgan fingerprint density at radius 1 is 0.951 bits per heavy atom. The van der Waals surface area contributed by atoms with Crippen LogP contribution in [0.2, 0.25) is 0 Å². The molecule has 1 amide bonds. The summed E-state index contributed by atoms with van der Waals surface area (Å²) in [6.45, 7) is 3.18. The number of aromatic nitrogens is 1. The lowest BCUT2D eigenvalue weighted by Crippen LogP contribution is -2.37. The van der Waals surface area contributed by atoms with Gasteiger partial charge in [-0.1, -0.05) is 72.8 Å². The van der Waals surface area contributed by atoms with Crippen molar-refractivity contribution in [3.63, 3.8) is 0 Å². The average molecular weight is 546 g/mol. The van der Waals surface area contributed by atoms with E-state index in [0.717, 1.165) is 45.4 Å². The Morgan fingerprint density at radius 2 is 1.76 bits per heavy atom. The van der Waals surface area contributed by atoms with E-state index in [0.29, 0.717) is 24.7 Å². The molecule has 0 saturated carbocycles. The van der Waals surface area contributed by atoms with Crippen LogP contribution in [0.1, 0.15) is 45.7 Å². The van der Waals surface area contributed by atoms with Gasteiger partial charge in [0.25, 0.3) is 6.01 Å². The van der Waals surface area contributed by atoms with Gasteiger partial charge in [0.05, 0.1) is 12.8 Å². The van der Waals surface area contributed by atoms with Crippen LogP contribution in [0, 0.1) is 6.92 Å². The number of benzene rings is 4. The fourth-order valence-corrected chi connectivity index (χ4v) is 5.54. The van der Waals surface area contributed by atoms with Gasteiger partial charge in [-0.3, -0.25) is 9.59 Å². The van der Waals surface area contributed by atoms with Crippen molar-refractivity contribution in [1.82, 2.24) is 9.88 Å². The second-order valence-electron chi connectivity index (χ2n) is 10.6. The van der Waals surface area contributed by atoms with E-state index >= 15 is 0 Å². The van der Waals surface area contributed by atoms with E-state index in [1.165, 1.54) is 5.56 Å². The third kappa shape index (κ3) is 5.84. The number of aliphatic carboxylic acids is 1. The number of carboxylic acid groups (broad SMARTS) is 1. The summed E-state index contributed by atoms with van der Waals surface area (Å²) in [6, 6.07) is 30.0. The second kappa shape index (κ2) is 11.3. The van der Waals surface area contributed by atoms with Gasteiger partial charge in [-0.05, 0) is 64.9 Å². The van der Waals surface area contributed by atoms with Crippen molar-refractivity contribution in [2.24, 2.45) is 0 Å². The molecule has 4 aromatic carbocycles. The van der Waals surface area contributed by atoms with Crippen LogP contribution in [-0.4, -0.2) is 33.4 Å². The van der Waals surface area contributed by atoms with Crippen molar-refractivity contribution in [3.05, 3.63) is 124 Å². The van der Waals surface area contributed by atoms with Crippen LogP contribution >= 0.6 is 0 Å². The Labute approximate surface area is 238 Å². The first-order valence-corrected chi connectivity index (χ1v) is 13.8. The molecule has 1 unspecified atom stereocenters. The van der Waals surface area contributed by atoms with Crippen LogP contribution in [0.4, 0.5) is 11.7 Å². The van der Waals surface area contributed by atoms with Crippen LogP contribution in [0.15, 0.2) is 95.4 Å². The Balaban J connectivity index is 1.17. The molecule has 5 aromatic rings. The van der Waals surface area contributed by atoms with E-state index < -0.39 is 5.97 Å². The minimum Gasteiger partial charge on any atom is -0.481 e. The number of fused-ring (bicyclic) bond motifs is 2. The maximum absolute atomic E-state index is 13.4. The van der Waals surface area contributed by atoms with Gasteiger partial charge >= 0.3 is 5.97 Å². The predicted molar refractivity (Wildman–Crippen MR) is 158 cm³/mol. The quantitative estimate of drug-likeness (QED) is 0.228. The molecule has 0 radical (unpaired) electrons. The highest BCUT2D eigenvalue weighted by Gasteiger charge is 2.24. The van der Waals surface area contributed by atoms with Gasteiger partial charge in [0, 0.05) is 24.7 Å². The van der Waals surface area contributed by atoms with Gasteiger partial charge in [0.2, 0.25) is 5.91 Å². The number of hydrogen-bond donors (Lipinski definition) is 2. The number of anilines is 2. The molecule has 41 heavy (non-hydrogen) atoms. The Kier molecular flexibility index (Phi) is 7.25. The fourth-order valence-electron chi connectivity index (χ4n) is 5.54. The van der Waals surface area contributed by atoms with Crippen molar-refractivity contribution in [1.29, 1.82) is 0 Å². The van der Waals surface area contributed by atoms with E-state index in [1.54, 1.807) is 0 Å². The number of hydrogen-bond acceptors (Lipinski definition) is 5. The van der Waals surface area contributed by atoms with Crippen molar-refractivity contribution in [3.8, 4) is 0 Å². The molecule has 1 aliphatic heterocycles. The lowest BCUT2D eigenvalue weighted by molar-refractivity contribution is -0.137. The average Bonchev–Trinajstić information content (AvgIpc) is 3.38. The van der Waals surface area contributed by atoms with E-state index in [2.05, 4.69) is 22.4 Å². The molecule has 0 fully saturated rings. The zero-order valence-corrected chi connectivity index (χ0v) is 22.8. The molecular weight excluding hydrogens is 514 g/mol. The summed E-state index contributed by atoms with van der Waals surface area (Å²) in [5, 5.41) is 12.8. The molecule has 6 rings (SSSR count). The summed E-state index contributed by atoms with van der Waals surface area (Å²) in [5.41, 5.74) is 8.45. The maximum atomic E-state index is 13.4. The molecule has 2 N–H and O–H groups in total. The number of nitrogens with one attached hydrogen (secondary N) is 1. The smallest absolute Gasteiger partial charge is 0.304 e. The number of nitrogens with zero attached hydrogens (tertiary/aromatic N) is 2. The third-order valence-corrected chi connectivity index (χ3v) is 7.77. The van der Waals surface area contributed by atoms with E-state index in [9.17, 15) is 14.7 Å². The lowest BCUT2D eigenvalue weighted by atomic mass is 9.85. The highest BCUT2D eigenvalue weighted by atomic mass is 16.4. The second-order valence-corrected chi connectivity index (χ2v) is 10.6. The van der Waals surface area contributed by atoms with E-state index in [4.69, 9.17) is 4.42 Å². The predicted octanol–water partition coefficient (Wildman–Crippen LogP) is 6.61. The molecule has 0 aliphatic carbocycles. The normalized spacial score (nSPS) is 13.5. The number of carbonyl (C=O) groups excluding carboxylic acids is 1. The van der Waals surface area contributed by atoms with Gasteiger partial charge < -0.3 is 19.7 Å². The first-order chi connectivity index (χ1) is 19.9. The summed E-state index contributed by atoms with van der Waals surface area (Å²) in [7, 11) is 0. The van der Waals surface area contributed by atoms with Gasteiger partial charge in [0.15, 0.2) is 5.58 Å². The lowest BCUT2D eigenvalue weighted by Gasteiger charge is -2.30. The maximum Gasteiger partial charge on any atom is 0.304 e. The zero-order chi connectivity index (χ0) is 28.3. The summed E-state index contributed by atoms with van der Waals surface area (Å²) in [6.07, 6.45) is 1.04. The van der Waals surface area contributed by atoms with E-state index in [1.807, 2.05) is 90.7 Å². The number of amides is 1. The van der Waals surface area contributed by atoms with Crippen molar-refractivity contribution >= 4 is 34.7 Å². The van der Waals surface area contributed by atoms with Crippen molar-refractivity contribution in [2.75, 3.05) is 11.9 Å².